The minimum Gasteiger partial charge on any atom is -0.360 e. The molecule has 0 spiro atoms. The van der Waals surface area contributed by atoms with Gasteiger partial charge in [-0.1, -0.05) is 23.7 Å². The van der Waals surface area contributed by atoms with Gasteiger partial charge in [-0.2, -0.15) is 5.10 Å². The van der Waals surface area contributed by atoms with Crippen LogP contribution in [0.25, 0.3) is 21.8 Å². The molecular weight excluding hydrogens is 372 g/mol. The molecule has 3 aromatic carbocycles. The Labute approximate surface area is 165 Å². The number of anilines is 2. The van der Waals surface area contributed by atoms with Gasteiger partial charge in [0.05, 0.1) is 11.7 Å². The van der Waals surface area contributed by atoms with Crippen molar-refractivity contribution in [2.24, 2.45) is 0 Å². The average Bonchev–Trinajstić information content (AvgIpc) is 3.34. The van der Waals surface area contributed by atoms with Crippen LogP contribution < -0.4 is 5.32 Å². The van der Waals surface area contributed by atoms with Crippen LogP contribution in [0.3, 0.4) is 0 Å². The van der Waals surface area contributed by atoms with Gasteiger partial charge in [0, 0.05) is 50.0 Å². The highest BCUT2D eigenvalue weighted by atomic mass is 35.5. The minimum absolute atomic E-state index is 0.0702. The Kier molecular flexibility index (Phi) is 3.88. The fourth-order valence-corrected chi connectivity index (χ4v) is 3.56. The summed E-state index contributed by atoms with van der Waals surface area (Å²) in [6.07, 6.45) is 3.51. The van der Waals surface area contributed by atoms with Crippen LogP contribution >= 0.6 is 11.6 Å². The predicted octanol–water partition coefficient (Wildman–Crippen LogP) is 5.67. The van der Waals surface area contributed by atoms with Crippen LogP contribution in [0, 0.1) is 0 Å². The third-order valence-electron chi connectivity index (χ3n) is 4.78. The number of benzene rings is 3. The SMILES string of the molecule is O=C(c1ccccc1Nc1ccc2cn[nH]c2c1)c1c[nH]c2ccc(Cl)cc12. The normalized spacial score (nSPS) is 11.2. The number of carbonyl (C=O) groups excluding carboxylic acids is 1. The second-order valence-electron chi connectivity index (χ2n) is 6.56. The molecule has 0 aliphatic rings. The number of para-hydroxylation sites is 1. The second kappa shape index (κ2) is 6.55. The van der Waals surface area contributed by atoms with E-state index < -0.39 is 0 Å². The van der Waals surface area contributed by atoms with Gasteiger partial charge in [0.2, 0.25) is 0 Å². The monoisotopic (exact) mass is 386 g/mol. The molecule has 0 bridgehead atoms. The Hall–Kier alpha value is -3.57. The van der Waals surface area contributed by atoms with E-state index in [2.05, 4.69) is 20.5 Å². The Morgan fingerprint density at radius 1 is 0.964 bits per heavy atom. The van der Waals surface area contributed by atoms with Crippen molar-refractivity contribution in [3.63, 3.8) is 0 Å². The molecule has 0 atom stereocenters. The lowest BCUT2D eigenvalue weighted by atomic mass is 10.0. The van der Waals surface area contributed by atoms with Crippen LogP contribution in [0.4, 0.5) is 11.4 Å². The van der Waals surface area contributed by atoms with E-state index in [1.165, 1.54) is 0 Å². The molecule has 5 aromatic rings. The summed E-state index contributed by atoms with van der Waals surface area (Å²) in [4.78, 5) is 16.4. The smallest absolute Gasteiger partial charge is 0.197 e. The molecule has 5 nitrogen and oxygen atoms in total. The zero-order chi connectivity index (χ0) is 19.1. The topological polar surface area (TPSA) is 73.6 Å². The first-order valence-electron chi connectivity index (χ1n) is 8.79. The summed E-state index contributed by atoms with van der Waals surface area (Å²) in [5.41, 5.74) is 4.61. The van der Waals surface area contributed by atoms with Crippen LogP contribution in [0.5, 0.6) is 0 Å². The van der Waals surface area contributed by atoms with E-state index in [1.54, 1.807) is 18.5 Å². The van der Waals surface area contributed by atoms with Crippen molar-refractivity contribution in [3.8, 4) is 0 Å². The molecular formula is C22H15ClN4O. The van der Waals surface area contributed by atoms with Gasteiger partial charge in [0.25, 0.3) is 0 Å². The lowest BCUT2D eigenvalue weighted by molar-refractivity contribution is 0.104. The van der Waals surface area contributed by atoms with E-state index in [1.807, 2.05) is 54.6 Å². The molecule has 0 amide bonds. The van der Waals surface area contributed by atoms with Crippen LogP contribution in [0.1, 0.15) is 15.9 Å². The number of carbonyl (C=O) groups is 1. The fourth-order valence-electron chi connectivity index (χ4n) is 3.39. The summed E-state index contributed by atoms with van der Waals surface area (Å²) in [7, 11) is 0. The number of H-pyrrole nitrogens is 2. The fraction of sp³-hybridized carbons (Fsp3) is 0. The molecule has 0 unspecified atom stereocenters. The van der Waals surface area contributed by atoms with Gasteiger partial charge in [-0.15, -0.1) is 0 Å². The molecule has 0 aliphatic heterocycles. The van der Waals surface area contributed by atoms with E-state index in [-0.39, 0.29) is 5.78 Å². The van der Waals surface area contributed by atoms with Gasteiger partial charge in [-0.05, 0) is 48.5 Å². The summed E-state index contributed by atoms with van der Waals surface area (Å²) in [6, 6.07) is 18.9. The maximum Gasteiger partial charge on any atom is 0.197 e. The maximum atomic E-state index is 13.3. The molecule has 28 heavy (non-hydrogen) atoms. The zero-order valence-corrected chi connectivity index (χ0v) is 15.4. The molecule has 6 heteroatoms. The number of nitrogens with one attached hydrogen (secondary N) is 3. The number of hydrogen-bond acceptors (Lipinski definition) is 3. The number of rotatable bonds is 4. The average molecular weight is 387 g/mol. The minimum atomic E-state index is -0.0702. The molecule has 0 fully saturated rings. The molecule has 2 aromatic heterocycles. The Balaban J connectivity index is 1.55. The Morgan fingerprint density at radius 3 is 2.79 bits per heavy atom. The zero-order valence-electron chi connectivity index (χ0n) is 14.7. The van der Waals surface area contributed by atoms with Crippen LogP contribution in [0.15, 0.2) is 73.1 Å². The van der Waals surface area contributed by atoms with Crippen molar-refractivity contribution in [3.05, 3.63) is 89.2 Å². The summed E-state index contributed by atoms with van der Waals surface area (Å²) < 4.78 is 0. The highest BCUT2D eigenvalue weighted by Gasteiger charge is 2.17. The van der Waals surface area contributed by atoms with Crippen molar-refractivity contribution in [2.45, 2.75) is 0 Å². The maximum absolute atomic E-state index is 13.3. The summed E-state index contributed by atoms with van der Waals surface area (Å²) in [5.74, 6) is -0.0702. The van der Waals surface area contributed by atoms with Gasteiger partial charge >= 0.3 is 0 Å². The number of hydrogen-bond donors (Lipinski definition) is 3. The third kappa shape index (κ3) is 2.82. The lowest BCUT2D eigenvalue weighted by Crippen LogP contribution is -2.05. The summed E-state index contributed by atoms with van der Waals surface area (Å²) in [6.45, 7) is 0. The number of aromatic nitrogens is 3. The lowest BCUT2D eigenvalue weighted by Gasteiger charge is -2.11. The quantitative estimate of drug-likeness (QED) is 0.348. The predicted molar refractivity (Wildman–Crippen MR) is 113 cm³/mol. The van der Waals surface area contributed by atoms with E-state index in [4.69, 9.17) is 11.6 Å². The van der Waals surface area contributed by atoms with E-state index in [9.17, 15) is 4.79 Å². The standard InChI is InChI=1S/C22H15ClN4O/c23-14-6-8-19-17(9-14)18(12-24-19)22(28)16-3-1-2-4-20(16)26-15-7-5-13-11-25-27-21(13)10-15/h1-12,24,26H,(H,25,27). The molecule has 5 rings (SSSR count). The van der Waals surface area contributed by atoms with Gasteiger partial charge in [0.1, 0.15) is 0 Å². The molecule has 0 radical (unpaired) electrons. The van der Waals surface area contributed by atoms with Crippen molar-refractivity contribution in [1.29, 1.82) is 0 Å². The second-order valence-corrected chi connectivity index (χ2v) is 7.00. The molecule has 2 heterocycles. The number of aromatic amines is 2. The van der Waals surface area contributed by atoms with Crippen molar-refractivity contribution >= 4 is 50.6 Å². The molecule has 0 aliphatic carbocycles. The largest absolute Gasteiger partial charge is 0.360 e. The Morgan fingerprint density at radius 2 is 1.86 bits per heavy atom. The first kappa shape index (κ1) is 16.6. The summed E-state index contributed by atoms with van der Waals surface area (Å²) >= 11 is 6.13. The van der Waals surface area contributed by atoms with Crippen molar-refractivity contribution < 1.29 is 4.79 Å². The number of nitrogens with zero attached hydrogens (tertiary/aromatic N) is 1. The van der Waals surface area contributed by atoms with Gasteiger partial charge in [0.15, 0.2) is 5.78 Å². The third-order valence-corrected chi connectivity index (χ3v) is 5.02. The van der Waals surface area contributed by atoms with E-state index in [0.29, 0.717) is 16.1 Å². The molecule has 0 saturated heterocycles. The molecule has 3 N–H and O–H groups in total. The van der Waals surface area contributed by atoms with E-state index in [0.717, 1.165) is 33.2 Å². The highest BCUT2D eigenvalue weighted by molar-refractivity contribution is 6.31. The van der Waals surface area contributed by atoms with Crippen molar-refractivity contribution in [1.82, 2.24) is 15.2 Å². The van der Waals surface area contributed by atoms with Crippen LogP contribution in [-0.2, 0) is 0 Å². The number of ketones is 1. The number of fused-ring (bicyclic) bond motifs is 2. The Bertz CT molecular complexity index is 1330. The van der Waals surface area contributed by atoms with Crippen molar-refractivity contribution in [2.75, 3.05) is 5.32 Å². The van der Waals surface area contributed by atoms with Gasteiger partial charge in [-0.25, -0.2) is 0 Å². The highest BCUT2D eigenvalue weighted by Crippen LogP contribution is 2.29. The first-order chi connectivity index (χ1) is 13.7. The number of halogens is 1. The van der Waals surface area contributed by atoms with Gasteiger partial charge in [-0.3, -0.25) is 9.89 Å². The first-order valence-corrected chi connectivity index (χ1v) is 9.17. The van der Waals surface area contributed by atoms with Crippen LogP contribution in [0.2, 0.25) is 5.02 Å². The van der Waals surface area contributed by atoms with Gasteiger partial charge < -0.3 is 10.3 Å². The molecule has 0 saturated carbocycles. The van der Waals surface area contributed by atoms with Crippen LogP contribution in [-0.4, -0.2) is 21.0 Å². The molecule has 136 valence electrons. The summed E-state index contributed by atoms with van der Waals surface area (Å²) in [5, 5.41) is 12.8. The van der Waals surface area contributed by atoms with E-state index >= 15 is 0 Å².